The van der Waals surface area contributed by atoms with Gasteiger partial charge in [0.15, 0.2) is 0 Å². The molecule has 0 aliphatic carbocycles. The number of hydrogen-bond acceptors (Lipinski definition) is 3. The third-order valence-corrected chi connectivity index (χ3v) is 1.08. The van der Waals surface area contributed by atoms with Crippen LogP contribution in [0.4, 0.5) is 4.79 Å². The van der Waals surface area contributed by atoms with E-state index in [1.165, 1.54) is 4.90 Å². The van der Waals surface area contributed by atoms with Crippen molar-refractivity contribution in [2.45, 2.75) is 0 Å². The summed E-state index contributed by atoms with van der Waals surface area (Å²) in [6, 6.07) is -0.354. The number of allylic oxidation sites excluding steroid dienone is 1. The first kappa shape index (κ1) is 6.76. The predicted molar refractivity (Wildman–Crippen MR) is 37.1 cm³/mol. The summed E-state index contributed by atoms with van der Waals surface area (Å²) < 4.78 is 0. The number of hydrogen-bond donors (Lipinski definition) is 2. The summed E-state index contributed by atoms with van der Waals surface area (Å²) in [5, 5.41) is 0. The standard InChI is InChI=1S/C5H8N4O/c6-8-5(10)9-3-1-2-7-4-9/h1-3H,4,6H2,(H,8,10). The molecule has 0 aromatic carbocycles. The molecule has 2 amide bonds. The first-order chi connectivity index (χ1) is 4.84. The molecular weight excluding hydrogens is 132 g/mol. The van der Waals surface area contributed by atoms with Crippen LogP contribution in [0.2, 0.25) is 0 Å². The molecule has 0 aromatic rings. The summed E-state index contributed by atoms with van der Waals surface area (Å²) in [4.78, 5) is 15.9. The zero-order chi connectivity index (χ0) is 7.40. The Kier molecular flexibility index (Phi) is 2.01. The zero-order valence-corrected chi connectivity index (χ0v) is 5.32. The average molecular weight is 140 g/mol. The third-order valence-electron chi connectivity index (χ3n) is 1.08. The lowest BCUT2D eigenvalue weighted by molar-refractivity contribution is 0.216. The largest absolute Gasteiger partial charge is 0.337 e. The predicted octanol–water partition coefficient (Wildman–Crippen LogP) is -0.573. The van der Waals surface area contributed by atoms with Crippen LogP contribution in [0.5, 0.6) is 0 Å². The molecule has 5 heteroatoms. The van der Waals surface area contributed by atoms with Crippen molar-refractivity contribution in [1.29, 1.82) is 0 Å². The van der Waals surface area contributed by atoms with Gasteiger partial charge >= 0.3 is 6.03 Å². The maximum Gasteiger partial charge on any atom is 0.337 e. The lowest BCUT2D eigenvalue weighted by Crippen LogP contribution is -2.41. The van der Waals surface area contributed by atoms with Gasteiger partial charge in [-0.05, 0) is 6.08 Å². The number of urea groups is 1. The van der Waals surface area contributed by atoms with Gasteiger partial charge < -0.3 is 0 Å². The number of nitrogens with zero attached hydrogens (tertiary/aromatic N) is 2. The summed E-state index contributed by atoms with van der Waals surface area (Å²) in [5.41, 5.74) is 2.00. The van der Waals surface area contributed by atoms with Crippen molar-refractivity contribution < 1.29 is 4.79 Å². The van der Waals surface area contributed by atoms with Crippen LogP contribution >= 0.6 is 0 Å². The van der Waals surface area contributed by atoms with Gasteiger partial charge in [0.25, 0.3) is 0 Å². The topological polar surface area (TPSA) is 70.7 Å². The minimum absolute atomic E-state index is 0.333. The number of carbonyl (C=O) groups is 1. The maximum absolute atomic E-state index is 10.7. The highest BCUT2D eigenvalue weighted by Gasteiger charge is 2.07. The molecule has 0 radical (unpaired) electrons. The highest BCUT2D eigenvalue weighted by molar-refractivity contribution is 5.78. The molecule has 10 heavy (non-hydrogen) atoms. The molecule has 0 fully saturated rings. The summed E-state index contributed by atoms with van der Waals surface area (Å²) >= 11 is 0. The van der Waals surface area contributed by atoms with Gasteiger partial charge in [-0.3, -0.25) is 15.3 Å². The molecule has 0 saturated carbocycles. The Morgan fingerprint density at radius 1 is 1.80 bits per heavy atom. The van der Waals surface area contributed by atoms with Crippen molar-refractivity contribution in [2.24, 2.45) is 10.8 Å². The van der Waals surface area contributed by atoms with E-state index in [2.05, 4.69) is 4.99 Å². The van der Waals surface area contributed by atoms with E-state index in [0.29, 0.717) is 6.67 Å². The lowest BCUT2D eigenvalue weighted by Gasteiger charge is -2.15. The van der Waals surface area contributed by atoms with Gasteiger partial charge in [-0.2, -0.15) is 0 Å². The first-order valence-corrected chi connectivity index (χ1v) is 2.78. The number of carbonyl (C=O) groups excluding carboxylic acids is 1. The van der Waals surface area contributed by atoms with Crippen molar-refractivity contribution in [3.63, 3.8) is 0 Å². The van der Waals surface area contributed by atoms with Gasteiger partial charge in [-0.15, -0.1) is 0 Å². The highest BCUT2D eigenvalue weighted by Crippen LogP contribution is 1.94. The number of nitrogens with two attached hydrogens (primary N) is 1. The Balaban J connectivity index is 2.51. The van der Waals surface area contributed by atoms with Gasteiger partial charge in [0.05, 0.1) is 0 Å². The Bertz CT molecular complexity index is 186. The van der Waals surface area contributed by atoms with E-state index in [1.54, 1.807) is 18.5 Å². The van der Waals surface area contributed by atoms with E-state index in [-0.39, 0.29) is 6.03 Å². The van der Waals surface area contributed by atoms with Crippen LogP contribution < -0.4 is 11.3 Å². The van der Waals surface area contributed by atoms with Crippen molar-refractivity contribution in [2.75, 3.05) is 6.67 Å². The van der Waals surface area contributed by atoms with E-state index >= 15 is 0 Å². The second-order valence-corrected chi connectivity index (χ2v) is 1.73. The second kappa shape index (κ2) is 2.98. The average Bonchev–Trinajstić information content (AvgIpc) is 2.05. The Labute approximate surface area is 58.2 Å². The van der Waals surface area contributed by atoms with E-state index in [4.69, 9.17) is 5.84 Å². The Morgan fingerprint density at radius 3 is 3.10 bits per heavy atom. The van der Waals surface area contributed by atoms with Crippen LogP contribution in [0.15, 0.2) is 17.3 Å². The fourth-order valence-electron chi connectivity index (χ4n) is 0.600. The van der Waals surface area contributed by atoms with Gasteiger partial charge in [0, 0.05) is 12.4 Å². The monoisotopic (exact) mass is 140 g/mol. The van der Waals surface area contributed by atoms with Crippen molar-refractivity contribution in [1.82, 2.24) is 10.3 Å². The number of aliphatic imine (C=N–C) groups is 1. The molecule has 54 valence electrons. The lowest BCUT2D eigenvalue weighted by atomic mass is 10.5. The van der Waals surface area contributed by atoms with Crippen molar-refractivity contribution in [3.8, 4) is 0 Å². The van der Waals surface area contributed by atoms with Gasteiger partial charge in [0.2, 0.25) is 0 Å². The summed E-state index contributed by atoms with van der Waals surface area (Å²) in [5.74, 6) is 4.88. The fourth-order valence-corrected chi connectivity index (χ4v) is 0.600. The molecule has 0 saturated heterocycles. The third kappa shape index (κ3) is 1.32. The molecule has 1 rings (SSSR count). The van der Waals surface area contributed by atoms with Crippen molar-refractivity contribution >= 4 is 12.2 Å². The van der Waals surface area contributed by atoms with Crippen LogP contribution in [0.3, 0.4) is 0 Å². The smallest absolute Gasteiger partial charge is 0.280 e. The minimum atomic E-state index is -0.354. The zero-order valence-electron chi connectivity index (χ0n) is 5.32. The van der Waals surface area contributed by atoms with Gasteiger partial charge in [-0.1, -0.05) is 0 Å². The van der Waals surface area contributed by atoms with Gasteiger partial charge in [-0.25, -0.2) is 10.6 Å². The summed E-state index contributed by atoms with van der Waals surface area (Å²) in [6.07, 6.45) is 4.90. The molecule has 1 aliphatic heterocycles. The van der Waals surface area contributed by atoms with Crippen LogP contribution in [0.25, 0.3) is 0 Å². The molecule has 0 spiro atoms. The quantitative estimate of drug-likeness (QED) is 0.268. The molecule has 0 unspecified atom stereocenters. The number of hydrazine groups is 1. The first-order valence-electron chi connectivity index (χ1n) is 2.78. The van der Waals surface area contributed by atoms with Gasteiger partial charge in [0.1, 0.15) is 6.67 Å². The van der Waals surface area contributed by atoms with Crippen molar-refractivity contribution in [3.05, 3.63) is 12.3 Å². The molecule has 1 aliphatic rings. The molecule has 3 N–H and O–H groups in total. The minimum Gasteiger partial charge on any atom is -0.280 e. The maximum atomic E-state index is 10.7. The second-order valence-electron chi connectivity index (χ2n) is 1.73. The van der Waals surface area contributed by atoms with E-state index < -0.39 is 0 Å². The number of nitrogens with one attached hydrogen (secondary N) is 1. The summed E-state index contributed by atoms with van der Waals surface area (Å²) in [6.45, 7) is 0.333. The number of amides is 2. The van der Waals surface area contributed by atoms with Crippen LogP contribution in [0.1, 0.15) is 0 Å². The molecule has 0 aromatic heterocycles. The van der Waals surface area contributed by atoms with E-state index in [0.717, 1.165) is 0 Å². The number of rotatable bonds is 0. The van der Waals surface area contributed by atoms with E-state index in [9.17, 15) is 4.79 Å². The molecule has 1 heterocycles. The van der Waals surface area contributed by atoms with Crippen LogP contribution in [-0.2, 0) is 0 Å². The Hall–Kier alpha value is -1.36. The molecular formula is C5H8N4O. The fraction of sp³-hybridized carbons (Fsp3) is 0.200. The van der Waals surface area contributed by atoms with Crippen LogP contribution in [-0.4, -0.2) is 23.8 Å². The summed E-state index contributed by atoms with van der Waals surface area (Å²) in [7, 11) is 0. The molecule has 0 atom stereocenters. The SMILES string of the molecule is NNC(=O)N1C=CC=NC1. The van der Waals surface area contributed by atoms with Crippen LogP contribution in [0, 0.1) is 0 Å². The van der Waals surface area contributed by atoms with E-state index in [1.807, 2.05) is 5.43 Å². The normalized spacial score (nSPS) is 15.5. The molecule has 0 bridgehead atoms. The Morgan fingerprint density at radius 2 is 2.60 bits per heavy atom. The highest BCUT2D eigenvalue weighted by atomic mass is 16.2. The molecule has 5 nitrogen and oxygen atoms in total.